The summed E-state index contributed by atoms with van der Waals surface area (Å²) in [6, 6.07) is 3.78. The third kappa shape index (κ3) is 42.9. The summed E-state index contributed by atoms with van der Waals surface area (Å²) in [5.74, 6) is -0.663. The van der Waals surface area contributed by atoms with Gasteiger partial charge in [-0.3, -0.25) is 4.79 Å². The van der Waals surface area contributed by atoms with Gasteiger partial charge in [-0.2, -0.15) is 10.5 Å². The van der Waals surface area contributed by atoms with E-state index in [1.807, 2.05) is 12.1 Å². The molecule has 0 radical (unpaired) electrons. The number of unbranched alkanes of at least 4 members (excludes halogenated alkanes) is 6. The zero-order chi connectivity index (χ0) is 17.5. The molecule has 5 N–H and O–H groups in total. The maximum Gasteiger partial charge on any atom is 0.303 e. The van der Waals surface area contributed by atoms with Crippen LogP contribution in [0.15, 0.2) is 0 Å². The van der Waals surface area contributed by atoms with Crippen LogP contribution in [0.4, 0.5) is 0 Å². The second kappa shape index (κ2) is 27.7. The molecule has 0 aliphatic carbocycles. The first kappa shape index (κ1) is 25.3. The second-order valence-corrected chi connectivity index (χ2v) is 4.66. The fraction of sp³-hybridized carbons (Fsp3) is 0.812. The van der Waals surface area contributed by atoms with Crippen molar-refractivity contribution in [3.05, 3.63) is 0 Å². The summed E-state index contributed by atoms with van der Waals surface area (Å²) in [6.45, 7) is 3.16. The first-order valence-corrected chi connectivity index (χ1v) is 7.96. The lowest BCUT2D eigenvalue weighted by atomic mass is 10.1. The molecule has 0 heterocycles. The van der Waals surface area contributed by atoms with E-state index in [9.17, 15) is 4.79 Å². The fourth-order valence-electron chi connectivity index (χ4n) is 1.36. The van der Waals surface area contributed by atoms with E-state index in [4.69, 9.17) is 27.1 Å². The highest BCUT2D eigenvalue weighted by Crippen LogP contribution is 2.07. The van der Waals surface area contributed by atoms with Gasteiger partial charge in [-0.25, -0.2) is 0 Å². The molecule has 0 saturated carbocycles. The molecule has 0 aromatic heterocycles. The number of carboxylic acids is 1. The summed E-state index contributed by atoms with van der Waals surface area (Å²) in [6.07, 6.45) is 9.59. The molecule has 0 unspecified atom stereocenters. The molecule has 0 bridgehead atoms. The molecule has 0 aliphatic rings. The zero-order valence-corrected chi connectivity index (χ0v) is 13.9. The van der Waals surface area contributed by atoms with Gasteiger partial charge in [0.1, 0.15) is 0 Å². The van der Waals surface area contributed by atoms with E-state index in [1.54, 1.807) is 0 Å². The van der Waals surface area contributed by atoms with Crippen LogP contribution >= 0.6 is 0 Å². The lowest BCUT2D eigenvalue weighted by Crippen LogP contribution is -1.94. The van der Waals surface area contributed by atoms with E-state index in [2.05, 4.69) is 6.92 Å². The van der Waals surface area contributed by atoms with Gasteiger partial charge < -0.3 is 16.6 Å². The molecule has 6 heteroatoms. The third-order valence-corrected chi connectivity index (χ3v) is 2.51. The maximum absolute atomic E-state index is 10.1. The Kier molecular flexibility index (Phi) is 31.9. The van der Waals surface area contributed by atoms with Crippen LogP contribution < -0.4 is 11.5 Å². The highest BCUT2D eigenvalue weighted by molar-refractivity contribution is 5.66. The quantitative estimate of drug-likeness (QED) is 0.530. The number of hydrogen-bond acceptors (Lipinski definition) is 5. The summed E-state index contributed by atoms with van der Waals surface area (Å²) in [5.41, 5.74) is 9.83. The molecule has 0 aromatic carbocycles. The van der Waals surface area contributed by atoms with Crippen molar-refractivity contribution in [2.75, 3.05) is 13.1 Å². The standard InChI is InChI=1S/C10H20O2.2C3H6N2/c1-2-3-4-5-6-7-8-9-10(11)12;2*4-2-1-3-5/h2-9H2,1H3,(H,11,12);2*1-2,4H2. The Hall–Kier alpha value is -1.63. The smallest absolute Gasteiger partial charge is 0.303 e. The molecule has 128 valence electrons. The van der Waals surface area contributed by atoms with Gasteiger partial charge in [0.2, 0.25) is 0 Å². The van der Waals surface area contributed by atoms with Gasteiger partial charge in [0.05, 0.1) is 12.1 Å². The molecule has 0 aliphatic heterocycles. The monoisotopic (exact) mass is 312 g/mol. The SMILES string of the molecule is CCCCCCCCCC(=O)O.N#CCCN.N#CCCN. The predicted molar refractivity (Wildman–Crippen MR) is 88.8 cm³/mol. The minimum atomic E-state index is -0.663. The van der Waals surface area contributed by atoms with Crippen molar-refractivity contribution in [2.24, 2.45) is 11.5 Å². The number of carbonyl (C=O) groups is 1. The molecule has 0 atom stereocenters. The van der Waals surface area contributed by atoms with Crippen LogP contribution in [0.25, 0.3) is 0 Å². The van der Waals surface area contributed by atoms with Gasteiger partial charge in [0.25, 0.3) is 0 Å². The molecular formula is C16H32N4O2. The number of carboxylic acid groups (broad SMARTS) is 1. The van der Waals surface area contributed by atoms with Crippen LogP contribution in [0.2, 0.25) is 0 Å². The van der Waals surface area contributed by atoms with Crippen molar-refractivity contribution in [1.29, 1.82) is 10.5 Å². The van der Waals surface area contributed by atoms with E-state index < -0.39 is 5.97 Å². The van der Waals surface area contributed by atoms with E-state index in [-0.39, 0.29) is 0 Å². The van der Waals surface area contributed by atoms with Crippen molar-refractivity contribution in [1.82, 2.24) is 0 Å². The summed E-state index contributed by atoms with van der Waals surface area (Å²) in [7, 11) is 0. The van der Waals surface area contributed by atoms with Crippen LogP contribution in [0.1, 0.15) is 71.1 Å². The number of rotatable bonds is 10. The summed E-state index contributed by atoms with van der Waals surface area (Å²) in [5, 5.41) is 23.8. The maximum atomic E-state index is 10.1. The van der Waals surface area contributed by atoms with Gasteiger partial charge in [0.15, 0.2) is 0 Å². The Labute approximate surface area is 135 Å². The molecule has 22 heavy (non-hydrogen) atoms. The Balaban J connectivity index is -0.000000298. The van der Waals surface area contributed by atoms with Crippen LogP contribution in [0, 0.1) is 22.7 Å². The van der Waals surface area contributed by atoms with Crippen molar-refractivity contribution in [3.8, 4) is 12.1 Å². The van der Waals surface area contributed by atoms with E-state index >= 15 is 0 Å². The number of hydrogen-bond donors (Lipinski definition) is 3. The van der Waals surface area contributed by atoms with Crippen molar-refractivity contribution in [2.45, 2.75) is 71.1 Å². The van der Waals surface area contributed by atoms with Gasteiger partial charge in [-0.15, -0.1) is 0 Å². The van der Waals surface area contributed by atoms with Crippen molar-refractivity contribution in [3.63, 3.8) is 0 Å². The number of aliphatic carboxylic acids is 1. The highest BCUT2D eigenvalue weighted by Gasteiger charge is 1.95. The molecule has 0 saturated heterocycles. The molecule has 0 amide bonds. The van der Waals surface area contributed by atoms with Crippen LogP contribution in [0.3, 0.4) is 0 Å². The molecule has 0 rings (SSSR count). The van der Waals surface area contributed by atoms with Crippen LogP contribution in [-0.4, -0.2) is 24.2 Å². The molecule has 6 nitrogen and oxygen atoms in total. The first-order valence-electron chi connectivity index (χ1n) is 7.96. The van der Waals surface area contributed by atoms with Gasteiger partial charge >= 0.3 is 5.97 Å². The summed E-state index contributed by atoms with van der Waals surface area (Å²) < 4.78 is 0. The zero-order valence-electron chi connectivity index (χ0n) is 13.9. The minimum Gasteiger partial charge on any atom is -0.481 e. The Morgan fingerprint density at radius 2 is 1.32 bits per heavy atom. The fourth-order valence-corrected chi connectivity index (χ4v) is 1.36. The summed E-state index contributed by atoms with van der Waals surface area (Å²) in [4.78, 5) is 10.1. The number of nitrogens with two attached hydrogens (primary N) is 2. The highest BCUT2D eigenvalue weighted by atomic mass is 16.4. The largest absolute Gasteiger partial charge is 0.481 e. The first-order chi connectivity index (χ1) is 10.6. The predicted octanol–water partition coefficient (Wildman–Crippen LogP) is 2.93. The van der Waals surface area contributed by atoms with E-state index in [1.165, 1.54) is 32.1 Å². The minimum absolute atomic E-state index is 0.341. The topological polar surface area (TPSA) is 137 Å². The molecule has 0 aromatic rings. The normalized spacial score (nSPS) is 8.41. The lowest BCUT2D eigenvalue weighted by Gasteiger charge is -1.98. The van der Waals surface area contributed by atoms with Gasteiger partial charge in [-0.05, 0) is 6.42 Å². The van der Waals surface area contributed by atoms with Gasteiger partial charge in [-0.1, -0.05) is 45.4 Å². The molecular weight excluding hydrogens is 280 g/mol. The molecule has 0 spiro atoms. The van der Waals surface area contributed by atoms with Crippen molar-refractivity contribution >= 4 is 5.97 Å². The Morgan fingerprint density at radius 3 is 1.59 bits per heavy atom. The average molecular weight is 312 g/mol. The third-order valence-electron chi connectivity index (χ3n) is 2.51. The van der Waals surface area contributed by atoms with Gasteiger partial charge in [0, 0.05) is 32.4 Å². The second-order valence-electron chi connectivity index (χ2n) is 4.66. The number of nitriles is 2. The van der Waals surface area contributed by atoms with Crippen LogP contribution in [-0.2, 0) is 4.79 Å². The summed E-state index contributed by atoms with van der Waals surface area (Å²) >= 11 is 0. The average Bonchev–Trinajstić information content (AvgIpc) is 2.49. The van der Waals surface area contributed by atoms with E-state index in [0.717, 1.165) is 12.8 Å². The van der Waals surface area contributed by atoms with E-state index in [0.29, 0.717) is 32.4 Å². The lowest BCUT2D eigenvalue weighted by molar-refractivity contribution is -0.137. The van der Waals surface area contributed by atoms with Crippen molar-refractivity contribution < 1.29 is 9.90 Å². The van der Waals surface area contributed by atoms with Crippen LogP contribution in [0.5, 0.6) is 0 Å². The Morgan fingerprint density at radius 1 is 0.909 bits per heavy atom. The Bertz CT molecular complexity index is 280. The number of nitrogens with zero attached hydrogens (tertiary/aromatic N) is 2. The molecule has 0 fully saturated rings.